The molecule has 1 aromatic heterocycles. The number of aryl methyl sites for hydroxylation is 1. The molecule has 1 heterocycles. The summed E-state index contributed by atoms with van der Waals surface area (Å²) in [7, 11) is 1.69. The molecule has 0 spiro atoms. The van der Waals surface area contributed by atoms with Crippen molar-refractivity contribution in [3.63, 3.8) is 0 Å². The van der Waals surface area contributed by atoms with Gasteiger partial charge >= 0.3 is 6.03 Å². The van der Waals surface area contributed by atoms with Gasteiger partial charge in [0, 0.05) is 18.8 Å². The summed E-state index contributed by atoms with van der Waals surface area (Å²) in [5.74, 6) is 1.31. The smallest absolute Gasteiger partial charge is 0.321 e. The van der Waals surface area contributed by atoms with Crippen LogP contribution in [0.15, 0.2) is 24.3 Å². The van der Waals surface area contributed by atoms with Crippen molar-refractivity contribution in [3.05, 3.63) is 41.5 Å². The van der Waals surface area contributed by atoms with Crippen molar-refractivity contribution in [2.24, 2.45) is 5.73 Å². The summed E-state index contributed by atoms with van der Waals surface area (Å²) < 4.78 is 0. The fourth-order valence-corrected chi connectivity index (χ4v) is 1.83. The minimum absolute atomic E-state index is 0.0218. The Morgan fingerprint density at radius 3 is 2.62 bits per heavy atom. The van der Waals surface area contributed by atoms with Crippen LogP contribution in [0.2, 0.25) is 0 Å². The molecule has 7 heteroatoms. The van der Waals surface area contributed by atoms with Gasteiger partial charge in [0.1, 0.15) is 5.82 Å². The molecule has 7 nitrogen and oxygen atoms in total. The van der Waals surface area contributed by atoms with Crippen molar-refractivity contribution in [2.45, 2.75) is 26.4 Å². The third-order valence-electron chi connectivity index (χ3n) is 3.06. The van der Waals surface area contributed by atoms with Crippen molar-refractivity contribution < 1.29 is 4.79 Å². The Labute approximate surface area is 123 Å². The number of rotatable bonds is 4. The van der Waals surface area contributed by atoms with E-state index in [1.165, 1.54) is 4.90 Å². The highest BCUT2D eigenvalue weighted by Crippen LogP contribution is 2.14. The minimum Gasteiger partial charge on any atom is -0.324 e. The number of nitrogens with two attached hydrogens (primary N) is 1. The van der Waals surface area contributed by atoms with Crippen LogP contribution in [0.4, 0.5) is 10.5 Å². The molecular formula is C14H20N6O. The molecule has 2 amide bonds. The highest BCUT2D eigenvalue weighted by atomic mass is 16.2. The van der Waals surface area contributed by atoms with Gasteiger partial charge < -0.3 is 16.0 Å². The number of carbonyl (C=O) groups is 1. The predicted octanol–water partition coefficient (Wildman–Crippen LogP) is 1.80. The first kappa shape index (κ1) is 15.0. The number of aromatic amines is 1. The van der Waals surface area contributed by atoms with Crippen LogP contribution in [-0.4, -0.2) is 33.2 Å². The van der Waals surface area contributed by atoms with Gasteiger partial charge in [-0.1, -0.05) is 12.1 Å². The fourth-order valence-electron chi connectivity index (χ4n) is 1.83. The third-order valence-corrected chi connectivity index (χ3v) is 3.06. The summed E-state index contributed by atoms with van der Waals surface area (Å²) in [6.45, 7) is 4.07. The number of carbonyl (C=O) groups excluding carboxylic acids is 1. The van der Waals surface area contributed by atoms with Gasteiger partial charge in [0.05, 0.1) is 6.54 Å². The number of nitrogens with zero attached hydrogens (tertiary/aromatic N) is 3. The zero-order chi connectivity index (χ0) is 15.4. The van der Waals surface area contributed by atoms with Crippen molar-refractivity contribution in [1.82, 2.24) is 20.1 Å². The molecule has 1 unspecified atom stereocenters. The van der Waals surface area contributed by atoms with Gasteiger partial charge in [-0.3, -0.25) is 5.10 Å². The number of urea groups is 1. The van der Waals surface area contributed by atoms with Crippen molar-refractivity contribution in [2.75, 3.05) is 12.4 Å². The highest BCUT2D eigenvalue weighted by Gasteiger charge is 2.12. The molecule has 0 bridgehead atoms. The number of hydrogen-bond acceptors (Lipinski definition) is 4. The first-order chi connectivity index (χ1) is 9.95. The van der Waals surface area contributed by atoms with Crippen LogP contribution >= 0.6 is 0 Å². The van der Waals surface area contributed by atoms with Gasteiger partial charge in [0.25, 0.3) is 0 Å². The lowest BCUT2D eigenvalue weighted by atomic mass is 10.1. The fraction of sp³-hybridized carbons (Fsp3) is 0.357. The number of benzene rings is 1. The Morgan fingerprint density at radius 2 is 2.10 bits per heavy atom. The van der Waals surface area contributed by atoms with Crippen molar-refractivity contribution in [3.8, 4) is 0 Å². The Morgan fingerprint density at radius 1 is 1.43 bits per heavy atom. The van der Waals surface area contributed by atoms with E-state index < -0.39 is 0 Å². The molecule has 1 aromatic carbocycles. The largest absolute Gasteiger partial charge is 0.324 e. The van der Waals surface area contributed by atoms with E-state index in [-0.39, 0.29) is 12.1 Å². The zero-order valence-electron chi connectivity index (χ0n) is 12.4. The molecule has 112 valence electrons. The van der Waals surface area contributed by atoms with Crippen molar-refractivity contribution in [1.29, 1.82) is 0 Å². The van der Waals surface area contributed by atoms with Gasteiger partial charge in [-0.05, 0) is 31.5 Å². The number of hydrogen-bond donors (Lipinski definition) is 3. The van der Waals surface area contributed by atoms with Crippen molar-refractivity contribution >= 4 is 11.7 Å². The summed E-state index contributed by atoms with van der Waals surface area (Å²) >= 11 is 0. The molecule has 2 aromatic rings. The lowest BCUT2D eigenvalue weighted by Gasteiger charge is -2.16. The highest BCUT2D eigenvalue weighted by molar-refractivity contribution is 5.89. The lowest BCUT2D eigenvalue weighted by Crippen LogP contribution is -2.31. The van der Waals surface area contributed by atoms with Gasteiger partial charge in [0.15, 0.2) is 5.82 Å². The molecule has 4 N–H and O–H groups in total. The summed E-state index contributed by atoms with van der Waals surface area (Å²) in [6.07, 6.45) is 0. The molecule has 0 aliphatic rings. The van der Waals surface area contributed by atoms with Crippen LogP contribution in [0.1, 0.15) is 30.2 Å². The number of amides is 2. The van der Waals surface area contributed by atoms with E-state index in [2.05, 4.69) is 20.5 Å². The average molecular weight is 288 g/mol. The molecule has 0 saturated carbocycles. The van der Waals surface area contributed by atoms with E-state index in [0.717, 1.165) is 17.1 Å². The molecule has 0 aliphatic carbocycles. The van der Waals surface area contributed by atoms with E-state index in [1.807, 2.05) is 38.1 Å². The Balaban J connectivity index is 1.93. The standard InChI is InChI=1S/C14H20N6O/c1-9(15)11-4-6-12(7-5-11)17-14(21)20(3)8-13-16-10(2)18-19-13/h4-7,9H,8,15H2,1-3H3,(H,17,21)(H,16,18,19). The van der Waals surface area contributed by atoms with E-state index in [0.29, 0.717) is 12.4 Å². The van der Waals surface area contributed by atoms with Crippen LogP contribution in [-0.2, 0) is 6.54 Å². The van der Waals surface area contributed by atoms with Gasteiger partial charge in [0.2, 0.25) is 0 Å². The van der Waals surface area contributed by atoms with Crippen LogP contribution < -0.4 is 11.1 Å². The van der Waals surface area contributed by atoms with Gasteiger partial charge in [-0.2, -0.15) is 5.10 Å². The molecule has 0 fully saturated rings. The third kappa shape index (κ3) is 4.03. The SMILES string of the molecule is Cc1nc(CN(C)C(=O)Nc2ccc(C(C)N)cc2)n[nH]1. The second-order valence-electron chi connectivity index (χ2n) is 5.03. The summed E-state index contributed by atoms with van der Waals surface area (Å²) in [5, 5.41) is 9.57. The van der Waals surface area contributed by atoms with Crippen LogP contribution in [0.5, 0.6) is 0 Å². The van der Waals surface area contributed by atoms with Crippen LogP contribution in [0, 0.1) is 6.92 Å². The molecule has 1 atom stereocenters. The van der Waals surface area contributed by atoms with Gasteiger partial charge in [-0.25, -0.2) is 9.78 Å². The number of nitrogens with one attached hydrogen (secondary N) is 2. The van der Waals surface area contributed by atoms with E-state index in [1.54, 1.807) is 7.05 Å². The quantitative estimate of drug-likeness (QED) is 0.798. The Bertz CT molecular complexity index is 604. The second-order valence-corrected chi connectivity index (χ2v) is 5.03. The molecule has 21 heavy (non-hydrogen) atoms. The number of anilines is 1. The monoisotopic (exact) mass is 288 g/mol. The summed E-state index contributed by atoms with van der Waals surface area (Å²) in [6, 6.07) is 7.23. The normalized spacial score (nSPS) is 12.0. The number of H-pyrrole nitrogens is 1. The van der Waals surface area contributed by atoms with Crippen LogP contribution in [0.25, 0.3) is 0 Å². The minimum atomic E-state index is -0.217. The first-order valence-corrected chi connectivity index (χ1v) is 6.71. The van der Waals surface area contributed by atoms with E-state index >= 15 is 0 Å². The number of aromatic nitrogens is 3. The first-order valence-electron chi connectivity index (χ1n) is 6.71. The lowest BCUT2D eigenvalue weighted by molar-refractivity contribution is 0.219. The maximum absolute atomic E-state index is 12.1. The predicted molar refractivity (Wildman–Crippen MR) is 80.6 cm³/mol. The average Bonchev–Trinajstić information content (AvgIpc) is 2.84. The molecule has 0 aliphatic heterocycles. The second kappa shape index (κ2) is 6.36. The van der Waals surface area contributed by atoms with Gasteiger partial charge in [-0.15, -0.1) is 0 Å². The maximum atomic E-state index is 12.1. The maximum Gasteiger partial charge on any atom is 0.321 e. The molecule has 2 rings (SSSR count). The topological polar surface area (TPSA) is 99.9 Å². The molecule has 0 radical (unpaired) electrons. The summed E-state index contributed by atoms with van der Waals surface area (Å²) in [5.41, 5.74) is 7.54. The zero-order valence-corrected chi connectivity index (χ0v) is 12.4. The summed E-state index contributed by atoms with van der Waals surface area (Å²) in [4.78, 5) is 17.8. The Hall–Kier alpha value is -2.41. The van der Waals surface area contributed by atoms with E-state index in [9.17, 15) is 4.79 Å². The molecule has 0 saturated heterocycles. The van der Waals surface area contributed by atoms with E-state index in [4.69, 9.17) is 5.73 Å². The molecular weight excluding hydrogens is 268 g/mol. The Kier molecular flexibility index (Phi) is 4.54. The van der Waals surface area contributed by atoms with Crippen LogP contribution in [0.3, 0.4) is 0 Å².